The molecule has 0 aliphatic rings. The summed E-state index contributed by atoms with van der Waals surface area (Å²) in [6, 6.07) is 4.91. The van der Waals surface area contributed by atoms with Gasteiger partial charge in [-0.25, -0.2) is 13.1 Å². The Labute approximate surface area is 119 Å². The summed E-state index contributed by atoms with van der Waals surface area (Å²) in [4.78, 5) is 0.249. The van der Waals surface area contributed by atoms with E-state index in [-0.39, 0.29) is 17.5 Å². The average molecular weight is 303 g/mol. The molecule has 1 rings (SSSR count). The highest BCUT2D eigenvalue weighted by molar-refractivity contribution is 7.98. The molecule has 0 spiro atoms. The Kier molecular flexibility index (Phi) is 6.32. The predicted molar refractivity (Wildman–Crippen MR) is 79.9 cm³/mol. The van der Waals surface area contributed by atoms with Crippen molar-refractivity contribution in [3.8, 4) is 0 Å². The molecule has 0 radical (unpaired) electrons. The molecule has 1 aromatic rings. The van der Waals surface area contributed by atoms with Crippen molar-refractivity contribution >= 4 is 21.8 Å². The topological polar surface area (TPSA) is 66.4 Å². The van der Waals surface area contributed by atoms with Gasteiger partial charge in [-0.05, 0) is 36.8 Å². The van der Waals surface area contributed by atoms with Gasteiger partial charge in [0, 0.05) is 11.8 Å². The first kappa shape index (κ1) is 16.5. The summed E-state index contributed by atoms with van der Waals surface area (Å²) in [5, 5.41) is 9.11. The fraction of sp³-hybridized carbons (Fsp3) is 0.538. The van der Waals surface area contributed by atoms with Gasteiger partial charge < -0.3 is 5.11 Å². The van der Waals surface area contributed by atoms with Gasteiger partial charge in [0.05, 0.1) is 11.5 Å². The second-order valence-corrected chi connectivity index (χ2v) is 7.03. The van der Waals surface area contributed by atoms with E-state index in [2.05, 4.69) is 4.72 Å². The number of sulfonamides is 1. The van der Waals surface area contributed by atoms with Gasteiger partial charge in [-0.2, -0.15) is 11.8 Å². The zero-order valence-electron chi connectivity index (χ0n) is 11.5. The van der Waals surface area contributed by atoms with E-state index in [0.29, 0.717) is 11.1 Å². The van der Waals surface area contributed by atoms with Crippen LogP contribution in [0.15, 0.2) is 23.1 Å². The molecule has 19 heavy (non-hydrogen) atoms. The van der Waals surface area contributed by atoms with Crippen molar-refractivity contribution in [1.82, 2.24) is 4.72 Å². The summed E-state index contributed by atoms with van der Waals surface area (Å²) in [5.74, 6) is 0.745. The highest BCUT2D eigenvalue weighted by Gasteiger charge is 2.20. The molecule has 0 saturated carbocycles. The Morgan fingerprint density at radius 2 is 2.11 bits per heavy atom. The van der Waals surface area contributed by atoms with Crippen LogP contribution in [-0.4, -0.2) is 31.6 Å². The lowest BCUT2D eigenvalue weighted by molar-refractivity contribution is 0.281. The predicted octanol–water partition coefficient (Wildman–Crippen LogP) is 1.91. The van der Waals surface area contributed by atoms with E-state index in [1.54, 1.807) is 30.8 Å². The Hall–Kier alpha value is -0.560. The minimum atomic E-state index is -3.53. The quantitative estimate of drug-likeness (QED) is 0.807. The number of thioether (sulfide) groups is 1. The lowest BCUT2D eigenvalue weighted by atomic mass is 10.2. The summed E-state index contributed by atoms with van der Waals surface area (Å²) < 4.78 is 27.4. The van der Waals surface area contributed by atoms with E-state index in [0.717, 1.165) is 12.2 Å². The molecule has 0 aliphatic heterocycles. The third-order valence-electron chi connectivity index (χ3n) is 2.91. The van der Waals surface area contributed by atoms with Gasteiger partial charge in [0.1, 0.15) is 0 Å². The Morgan fingerprint density at radius 1 is 1.42 bits per heavy atom. The molecule has 0 fully saturated rings. The Bertz CT molecular complexity index is 515. The standard InChI is InChI=1S/C13H21NO3S2/c1-4-12(9-18-3)14-19(16,17)13-7-11(8-15)6-5-10(13)2/h5-7,12,14-15H,4,8-9H2,1-3H3. The van der Waals surface area contributed by atoms with Gasteiger partial charge in [0.2, 0.25) is 10.0 Å². The monoisotopic (exact) mass is 303 g/mol. The highest BCUT2D eigenvalue weighted by Crippen LogP contribution is 2.18. The Morgan fingerprint density at radius 3 is 2.63 bits per heavy atom. The number of hydrogen-bond acceptors (Lipinski definition) is 4. The van der Waals surface area contributed by atoms with Crippen molar-refractivity contribution in [3.63, 3.8) is 0 Å². The molecular formula is C13H21NO3S2. The van der Waals surface area contributed by atoms with Crippen LogP contribution in [0.4, 0.5) is 0 Å². The van der Waals surface area contributed by atoms with Gasteiger partial charge in [0.15, 0.2) is 0 Å². The molecule has 1 aromatic carbocycles. The van der Waals surface area contributed by atoms with Crippen LogP contribution < -0.4 is 4.72 Å². The molecular weight excluding hydrogens is 282 g/mol. The smallest absolute Gasteiger partial charge is 0.241 e. The van der Waals surface area contributed by atoms with E-state index >= 15 is 0 Å². The van der Waals surface area contributed by atoms with E-state index in [1.807, 2.05) is 13.2 Å². The largest absolute Gasteiger partial charge is 0.392 e. The second kappa shape index (κ2) is 7.28. The first-order chi connectivity index (χ1) is 8.94. The maximum absolute atomic E-state index is 12.4. The maximum atomic E-state index is 12.4. The number of nitrogens with one attached hydrogen (secondary N) is 1. The summed E-state index contributed by atoms with van der Waals surface area (Å²) >= 11 is 1.62. The molecule has 6 heteroatoms. The normalized spacial score (nSPS) is 13.5. The van der Waals surface area contributed by atoms with Crippen LogP contribution in [0, 0.1) is 6.92 Å². The third-order valence-corrected chi connectivity index (χ3v) is 5.31. The fourth-order valence-electron chi connectivity index (χ4n) is 1.75. The molecule has 0 bridgehead atoms. The second-order valence-electron chi connectivity index (χ2n) is 4.44. The fourth-order valence-corrected chi connectivity index (χ4v) is 4.19. The van der Waals surface area contributed by atoms with Crippen molar-refractivity contribution in [3.05, 3.63) is 29.3 Å². The molecule has 0 amide bonds. The number of rotatable bonds is 7. The van der Waals surface area contributed by atoms with Crippen LogP contribution >= 0.6 is 11.8 Å². The summed E-state index contributed by atoms with van der Waals surface area (Å²) in [6.45, 7) is 3.55. The lowest BCUT2D eigenvalue weighted by Gasteiger charge is -2.17. The average Bonchev–Trinajstić information content (AvgIpc) is 2.38. The molecule has 1 unspecified atom stereocenters. The van der Waals surface area contributed by atoms with Crippen LogP contribution in [0.25, 0.3) is 0 Å². The third kappa shape index (κ3) is 4.49. The number of benzene rings is 1. The van der Waals surface area contributed by atoms with Crippen molar-refractivity contribution < 1.29 is 13.5 Å². The van der Waals surface area contributed by atoms with Crippen molar-refractivity contribution in [2.75, 3.05) is 12.0 Å². The zero-order chi connectivity index (χ0) is 14.5. The number of aliphatic hydroxyl groups excluding tert-OH is 1. The van der Waals surface area contributed by atoms with Crippen LogP contribution in [0.2, 0.25) is 0 Å². The van der Waals surface area contributed by atoms with E-state index < -0.39 is 10.0 Å². The van der Waals surface area contributed by atoms with Crippen molar-refractivity contribution in [2.45, 2.75) is 37.8 Å². The lowest BCUT2D eigenvalue weighted by Crippen LogP contribution is -2.36. The first-order valence-corrected chi connectivity index (χ1v) is 9.04. The van der Waals surface area contributed by atoms with Crippen LogP contribution in [-0.2, 0) is 16.6 Å². The first-order valence-electron chi connectivity index (χ1n) is 6.16. The minimum Gasteiger partial charge on any atom is -0.392 e. The maximum Gasteiger partial charge on any atom is 0.241 e. The van der Waals surface area contributed by atoms with Gasteiger partial charge in [-0.3, -0.25) is 0 Å². The number of hydrogen-bond donors (Lipinski definition) is 2. The molecule has 0 saturated heterocycles. The van der Waals surface area contributed by atoms with E-state index in [1.165, 1.54) is 6.07 Å². The van der Waals surface area contributed by atoms with Gasteiger partial charge in [0.25, 0.3) is 0 Å². The Balaban J connectivity index is 3.05. The molecule has 1 atom stereocenters. The molecule has 108 valence electrons. The SMILES string of the molecule is CCC(CSC)NS(=O)(=O)c1cc(CO)ccc1C. The summed E-state index contributed by atoms with van der Waals surface area (Å²) in [7, 11) is -3.53. The van der Waals surface area contributed by atoms with Gasteiger partial charge >= 0.3 is 0 Å². The highest BCUT2D eigenvalue weighted by atomic mass is 32.2. The molecule has 4 nitrogen and oxygen atoms in total. The number of aryl methyl sites for hydroxylation is 1. The van der Waals surface area contributed by atoms with Gasteiger partial charge in [-0.15, -0.1) is 0 Å². The molecule has 0 heterocycles. The molecule has 0 aromatic heterocycles. The number of aliphatic hydroxyl groups is 1. The molecule has 2 N–H and O–H groups in total. The van der Waals surface area contributed by atoms with Crippen LogP contribution in [0.1, 0.15) is 24.5 Å². The summed E-state index contributed by atoms with van der Waals surface area (Å²) in [5.41, 5.74) is 1.28. The van der Waals surface area contributed by atoms with E-state index in [9.17, 15) is 8.42 Å². The molecule has 0 aliphatic carbocycles. The summed E-state index contributed by atoms with van der Waals surface area (Å²) in [6.07, 6.45) is 2.70. The zero-order valence-corrected chi connectivity index (χ0v) is 13.1. The van der Waals surface area contributed by atoms with Crippen LogP contribution in [0.3, 0.4) is 0 Å². The van der Waals surface area contributed by atoms with Crippen molar-refractivity contribution in [2.24, 2.45) is 0 Å². The van der Waals surface area contributed by atoms with Gasteiger partial charge in [-0.1, -0.05) is 19.1 Å². The van der Waals surface area contributed by atoms with Crippen molar-refractivity contribution in [1.29, 1.82) is 0 Å². The minimum absolute atomic E-state index is 0.0721. The van der Waals surface area contributed by atoms with E-state index in [4.69, 9.17) is 5.11 Å². The van der Waals surface area contributed by atoms with Crippen LogP contribution in [0.5, 0.6) is 0 Å².